The van der Waals surface area contributed by atoms with Crippen LogP contribution in [0.1, 0.15) is 20.3 Å². The van der Waals surface area contributed by atoms with E-state index in [-0.39, 0.29) is 12.3 Å². The van der Waals surface area contributed by atoms with Crippen molar-refractivity contribution in [3.8, 4) is 12.3 Å². The highest BCUT2D eigenvalue weighted by Gasteiger charge is 2.25. The summed E-state index contributed by atoms with van der Waals surface area (Å²) in [6.07, 6.45) is 5.46. The monoisotopic (exact) mass is 290 g/mol. The minimum absolute atomic E-state index is 0.0985. The van der Waals surface area contributed by atoms with E-state index in [0.29, 0.717) is 6.42 Å². The summed E-state index contributed by atoms with van der Waals surface area (Å²) in [4.78, 5) is 23.4. The van der Waals surface area contributed by atoms with Gasteiger partial charge in [-0.3, -0.25) is 9.59 Å². The Morgan fingerprint density at radius 1 is 1.47 bits per heavy atom. The Balaban J connectivity index is 4.77. The SMILES string of the molecule is C#CCN(CC(=O)O)C(=O)C(C)NS(=O)(=O)CCC. The fourth-order valence-electron chi connectivity index (χ4n) is 1.41. The number of nitrogens with one attached hydrogen (secondary N) is 1. The first kappa shape index (κ1) is 17.4. The molecule has 0 aliphatic carbocycles. The molecule has 19 heavy (non-hydrogen) atoms. The zero-order valence-corrected chi connectivity index (χ0v) is 11.7. The molecule has 1 unspecified atom stereocenters. The number of carboxylic acid groups (broad SMARTS) is 1. The molecule has 0 bridgehead atoms. The van der Waals surface area contributed by atoms with Crippen LogP contribution in [0.3, 0.4) is 0 Å². The lowest BCUT2D eigenvalue weighted by Gasteiger charge is -2.22. The molecule has 0 fully saturated rings. The van der Waals surface area contributed by atoms with Crippen LogP contribution in [0.15, 0.2) is 0 Å². The van der Waals surface area contributed by atoms with Gasteiger partial charge in [-0.05, 0) is 13.3 Å². The van der Waals surface area contributed by atoms with Crippen molar-refractivity contribution in [2.75, 3.05) is 18.8 Å². The van der Waals surface area contributed by atoms with Crippen molar-refractivity contribution in [3.05, 3.63) is 0 Å². The Kier molecular flexibility index (Phi) is 7.11. The number of terminal acetylenes is 1. The summed E-state index contributed by atoms with van der Waals surface area (Å²) in [5, 5.41) is 8.66. The molecule has 0 aromatic carbocycles. The second kappa shape index (κ2) is 7.76. The fraction of sp³-hybridized carbons (Fsp3) is 0.636. The van der Waals surface area contributed by atoms with Gasteiger partial charge in [-0.1, -0.05) is 12.8 Å². The Labute approximate surface area is 113 Å². The van der Waals surface area contributed by atoms with Crippen LogP contribution in [0.25, 0.3) is 0 Å². The number of carbonyl (C=O) groups excluding carboxylic acids is 1. The van der Waals surface area contributed by atoms with Crippen molar-refractivity contribution in [2.24, 2.45) is 0 Å². The maximum Gasteiger partial charge on any atom is 0.323 e. The third-order valence-electron chi connectivity index (χ3n) is 2.12. The summed E-state index contributed by atoms with van der Waals surface area (Å²) in [7, 11) is -3.55. The number of carboxylic acids is 1. The molecule has 0 aromatic heterocycles. The van der Waals surface area contributed by atoms with Crippen molar-refractivity contribution >= 4 is 21.9 Å². The van der Waals surface area contributed by atoms with Gasteiger partial charge in [0.15, 0.2) is 0 Å². The molecule has 8 heteroatoms. The van der Waals surface area contributed by atoms with E-state index >= 15 is 0 Å². The van der Waals surface area contributed by atoms with Gasteiger partial charge in [0.25, 0.3) is 0 Å². The van der Waals surface area contributed by atoms with Crippen molar-refractivity contribution in [2.45, 2.75) is 26.3 Å². The van der Waals surface area contributed by atoms with Gasteiger partial charge in [0.05, 0.1) is 18.3 Å². The number of rotatable bonds is 8. The summed E-state index contributed by atoms with van der Waals surface area (Å²) >= 11 is 0. The number of hydrogen-bond donors (Lipinski definition) is 2. The number of amides is 1. The van der Waals surface area contributed by atoms with Crippen LogP contribution >= 0.6 is 0 Å². The van der Waals surface area contributed by atoms with Crippen molar-refractivity contribution in [3.63, 3.8) is 0 Å². The lowest BCUT2D eigenvalue weighted by molar-refractivity contribution is -0.144. The molecule has 1 amide bonds. The van der Waals surface area contributed by atoms with E-state index in [4.69, 9.17) is 11.5 Å². The third-order valence-corrected chi connectivity index (χ3v) is 3.78. The Hall–Kier alpha value is -1.59. The summed E-state index contributed by atoms with van der Waals surface area (Å²) in [6, 6.07) is -1.05. The summed E-state index contributed by atoms with van der Waals surface area (Å²) in [6.45, 7) is 2.29. The van der Waals surface area contributed by atoms with E-state index in [1.165, 1.54) is 6.92 Å². The van der Waals surface area contributed by atoms with Crippen LogP contribution < -0.4 is 4.72 Å². The van der Waals surface area contributed by atoms with E-state index in [2.05, 4.69) is 10.6 Å². The van der Waals surface area contributed by atoms with Gasteiger partial charge in [0.2, 0.25) is 15.9 Å². The molecule has 0 radical (unpaired) electrons. The van der Waals surface area contributed by atoms with E-state index in [1.54, 1.807) is 6.92 Å². The van der Waals surface area contributed by atoms with Gasteiger partial charge in [-0.25, -0.2) is 13.1 Å². The van der Waals surface area contributed by atoms with Crippen LogP contribution in [-0.4, -0.2) is 55.2 Å². The molecule has 0 rings (SSSR count). The topological polar surface area (TPSA) is 104 Å². The van der Waals surface area contributed by atoms with Gasteiger partial charge in [0.1, 0.15) is 6.54 Å². The van der Waals surface area contributed by atoms with Gasteiger partial charge in [0, 0.05) is 0 Å². The molecule has 7 nitrogen and oxygen atoms in total. The Morgan fingerprint density at radius 2 is 2.05 bits per heavy atom. The first-order chi connectivity index (χ1) is 8.73. The highest BCUT2D eigenvalue weighted by molar-refractivity contribution is 7.89. The smallest absolute Gasteiger partial charge is 0.323 e. The lowest BCUT2D eigenvalue weighted by Crippen LogP contribution is -2.48. The molecular formula is C11H18N2O5S. The maximum absolute atomic E-state index is 11.9. The first-order valence-electron chi connectivity index (χ1n) is 5.67. The molecular weight excluding hydrogens is 272 g/mol. The van der Waals surface area contributed by atoms with Crippen molar-refractivity contribution < 1.29 is 23.1 Å². The van der Waals surface area contributed by atoms with Crippen LogP contribution in [0.2, 0.25) is 0 Å². The van der Waals surface area contributed by atoms with Crippen LogP contribution in [0.4, 0.5) is 0 Å². The molecule has 0 heterocycles. The Bertz CT molecular complexity index is 466. The molecule has 2 N–H and O–H groups in total. The molecule has 0 saturated heterocycles. The zero-order chi connectivity index (χ0) is 15.1. The van der Waals surface area contributed by atoms with Crippen LogP contribution in [0.5, 0.6) is 0 Å². The van der Waals surface area contributed by atoms with Crippen LogP contribution in [-0.2, 0) is 19.6 Å². The largest absolute Gasteiger partial charge is 0.480 e. The summed E-state index contributed by atoms with van der Waals surface area (Å²) < 4.78 is 25.2. The molecule has 0 aliphatic heterocycles. The van der Waals surface area contributed by atoms with Gasteiger partial charge in [-0.15, -0.1) is 6.42 Å². The number of carbonyl (C=O) groups is 2. The van der Waals surface area contributed by atoms with Gasteiger partial charge < -0.3 is 10.0 Å². The van der Waals surface area contributed by atoms with E-state index in [1.807, 2.05) is 0 Å². The lowest BCUT2D eigenvalue weighted by atomic mass is 10.3. The minimum atomic E-state index is -3.55. The highest BCUT2D eigenvalue weighted by atomic mass is 32.2. The zero-order valence-electron chi connectivity index (χ0n) is 10.9. The highest BCUT2D eigenvalue weighted by Crippen LogP contribution is 1.99. The Morgan fingerprint density at radius 3 is 2.47 bits per heavy atom. The number of hydrogen-bond acceptors (Lipinski definition) is 4. The minimum Gasteiger partial charge on any atom is -0.480 e. The van der Waals surface area contributed by atoms with E-state index in [9.17, 15) is 18.0 Å². The molecule has 0 aliphatic rings. The molecule has 0 spiro atoms. The van der Waals surface area contributed by atoms with Gasteiger partial charge >= 0.3 is 5.97 Å². The van der Waals surface area contributed by atoms with Crippen molar-refractivity contribution in [1.82, 2.24) is 9.62 Å². The average Bonchev–Trinajstić information content (AvgIpc) is 2.26. The number of sulfonamides is 1. The number of aliphatic carboxylic acids is 1. The van der Waals surface area contributed by atoms with E-state index < -0.39 is 34.5 Å². The first-order valence-corrected chi connectivity index (χ1v) is 7.32. The number of nitrogens with zero attached hydrogens (tertiary/aromatic N) is 1. The van der Waals surface area contributed by atoms with Crippen LogP contribution in [0, 0.1) is 12.3 Å². The van der Waals surface area contributed by atoms with Crippen molar-refractivity contribution in [1.29, 1.82) is 0 Å². The molecule has 1 atom stereocenters. The molecule has 0 saturated carbocycles. The average molecular weight is 290 g/mol. The standard InChI is InChI=1S/C11H18N2O5S/c1-4-6-13(8-10(14)15)11(16)9(3)12-19(17,18)7-5-2/h1,9,12H,5-8H2,2-3H3,(H,14,15). The summed E-state index contributed by atoms with van der Waals surface area (Å²) in [5.41, 5.74) is 0. The predicted molar refractivity (Wildman–Crippen MR) is 69.7 cm³/mol. The van der Waals surface area contributed by atoms with E-state index in [0.717, 1.165) is 4.90 Å². The second-order valence-electron chi connectivity index (χ2n) is 3.95. The summed E-state index contributed by atoms with van der Waals surface area (Å²) in [5.74, 6) is 0.181. The third kappa shape index (κ3) is 6.79. The predicted octanol–water partition coefficient (Wildman–Crippen LogP) is -0.749. The van der Waals surface area contributed by atoms with Gasteiger partial charge in [-0.2, -0.15) is 0 Å². The quantitative estimate of drug-likeness (QED) is 0.572. The molecule has 108 valence electrons. The second-order valence-corrected chi connectivity index (χ2v) is 5.82. The molecule has 0 aromatic rings. The maximum atomic E-state index is 11.9. The normalized spacial score (nSPS) is 12.5. The fourth-order valence-corrected chi connectivity index (χ4v) is 2.70.